The fourth-order valence-corrected chi connectivity index (χ4v) is 5.00. The Bertz CT molecular complexity index is 1280. The molecule has 3 aromatic rings. The molecule has 162 valence electrons. The highest BCUT2D eigenvalue weighted by molar-refractivity contribution is 9.10. The van der Waals surface area contributed by atoms with Crippen LogP contribution in [0.5, 0.6) is 11.5 Å². The number of hydrogen-bond acceptors (Lipinski definition) is 5. The van der Waals surface area contributed by atoms with E-state index in [1.807, 2.05) is 62.4 Å². The SMILES string of the molecule is Cc1cc(/C=C2\SC(=O)N(Cc3ccc(Br)cc3)C2=O)c(C)n1-c1ccc2c(c1)OCO2. The lowest BCUT2D eigenvalue weighted by Crippen LogP contribution is -2.27. The van der Waals surface area contributed by atoms with Gasteiger partial charge < -0.3 is 14.0 Å². The molecule has 2 aliphatic heterocycles. The van der Waals surface area contributed by atoms with Crippen molar-refractivity contribution in [3.05, 3.63) is 80.4 Å². The van der Waals surface area contributed by atoms with Gasteiger partial charge in [0.25, 0.3) is 11.1 Å². The highest BCUT2D eigenvalue weighted by Gasteiger charge is 2.35. The minimum absolute atomic E-state index is 0.226. The first-order chi connectivity index (χ1) is 15.4. The molecular formula is C24H19BrN2O4S. The Morgan fingerprint density at radius 3 is 2.56 bits per heavy atom. The van der Waals surface area contributed by atoms with Crippen LogP contribution in [0.1, 0.15) is 22.5 Å². The van der Waals surface area contributed by atoms with Gasteiger partial charge in [-0.25, -0.2) is 0 Å². The normalized spacial score (nSPS) is 16.5. The predicted octanol–water partition coefficient (Wildman–Crippen LogP) is 5.82. The van der Waals surface area contributed by atoms with E-state index in [9.17, 15) is 9.59 Å². The number of nitrogens with zero attached hydrogens (tertiary/aromatic N) is 2. The summed E-state index contributed by atoms with van der Waals surface area (Å²) in [6, 6.07) is 15.4. The smallest absolute Gasteiger partial charge is 0.293 e. The second-order valence-corrected chi connectivity index (χ2v) is 9.50. The molecule has 1 saturated heterocycles. The summed E-state index contributed by atoms with van der Waals surface area (Å²) in [5.41, 5.74) is 4.74. The number of fused-ring (bicyclic) bond motifs is 1. The van der Waals surface area contributed by atoms with Crippen molar-refractivity contribution in [3.8, 4) is 17.2 Å². The molecule has 1 aromatic heterocycles. The van der Waals surface area contributed by atoms with E-state index in [2.05, 4.69) is 20.5 Å². The lowest BCUT2D eigenvalue weighted by molar-refractivity contribution is -0.123. The van der Waals surface area contributed by atoms with Crippen LogP contribution < -0.4 is 9.47 Å². The molecule has 1 fully saturated rings. The summed E-state index contributed by atoms with van der Waals surface area (Å²) in [4.78, 5) is 27.2. The second-order valence-electron chi connectivity index (χ2n) is 7.59. The summed E-state index contributed by atoms with van der Waals surface area (Å²) in [5, 5.41) is -0.256. The van der Waals surface area contributed by atoms with Gasteiger partial charge in [-0.1, -0.05) is 28.1 Å². The fourth-order valence-electron chi connectivity index (χ4n) is 3.91. The summed E-state index contributed by atoms with van der Waals surface area (Å²) in [7, 11) is 0. The van der Waals surface area contributed by atoms with Crippen molar-refractivity contribution in [1.82, 2.24) is 9.47 Å². The highest BCUT2D eigenvalue weighted by Crippen LogP contribution is 2.37. The zero-order valence-corrected chi connectivity index (χ0v) is 19.8. The van der Waals surface area contributed by atoms with Gasteiger partial charge in [0.05, 0.1) is 11.4 Å². The summed E-state index contributed by atoms with van der Waals surface area (Å²) < 4.78 is 14.0. The maximum atomic E-state index is 13.0. The Labute approximate surface area is 197 Å². The van der Waals surface area contributed by atoms with Gasteiger partial charge in [-0.3, -0.25) is 14.5 Å². The Morgan fingerprint density at radius 2 is 1.78 bits per heavy atom. The average Bonchev–Trinajstić information content (AvgIpc) is 3.42. The van der Waals surface area contributed by atoms with Gasteiger partial charge in [0.2, 0.25) is 6.79 Å². The third-order valence-electron chi connectivity index (χ3n) is 5.50. The molecule has 0 N–H and O–H groups in total. The maximum absolute atomic E-state index is 13.0. The summed E-state index contributed by atoms with van der Waals surface area (Å²) in [6.07, 6.45) is 1.80. The number of halogens is 1. The number of amides is 2. The summed E-state index contributed by atoms with van der Waals surface area (Å²) in [5.74, 6) is 1.18. The van der Waals surface area contributed by atoms with Crippen LogP contribution in [-0.4, -0.2) is 27.4 Å². The van der Waals surface area contributed by atoms with Crippen LogP contribution in [0.4, 0.5) is 4.79 Å². The molecule has 32 heavy (non-hydrogen) atoms. The first-order valence-corrected chi connectivity index (χ1v) is 11.6. The molecular weight excluding hydrogens is 492 g/mol. The molecule has 0 atom stereocenters. The topological polar surface area (TPSA) is 60.8 Å². The molecule has 0 saturated carbocycles. The minimum Gasteiger partial charge on any atom is -0.454 e. The number of benzene rings is 2. The zero-order chi connectivity index (χ0) is 22.4. The number of carbonyl (C=O) groups excluding carboxylic acids is 2. The van der Waals surface area contributed by atoms with Crippen molar-refractivity contribution in [3.63, 3.8) is 0 Å². The van der Waals surface area contributed by atoms with E-state index >= 15 is 0 Å². The summed E-state index contributed by atoms with van der Waals surface area (Å²) >= 11 is 4.38. The van der Waals surface area contributed by atoms with Gasteiger partial charge in [-0.05, 0) is 73.1 Å². The molecule has 5 rings (SSSR count). The number of carbonyl (C=O) groups is 2. The Kier molecular flexibility index (Phi) is 5.35. The lowest BCUT2D eigenvalue weighted by atomic mass is 10.2. The molecule has 0 unspecified atom stereocenters. The molecule has 0 spiro atoms. The molecule has 0 bridgehead atoms. The number of imide groups is 1. The van der Waals surface area contributed by atoms with Crippen LogP contribution in [0.25, 0.3) is 11.8 Å². The molecule has 2 aliphatic rings. The third kappa shape index (κ3) is 3.73. The zero-order valence-electron chi connectivity index (χ0n) is 17.4. The molecule has 2 aromatic carbocycles. The number of aromatic nitrogens is 1. The quantitative estimate of drug-likeness (QED) is 0.413. The molecule has 3 heterocycles. The number of hydrogen-bond donors (Lipinski definition) is 0. The average molecular weight is 511 g/mol. The van der Waals surface area contributed by atoms with E-state index in [1.54, 1.807) is 6.08 Å². The van der Waals surface area contributed by atoms with Gasteiger partial charge in [0.15, 0.2) is 11.5 Å². The van der Waals surface area contributed by atoms with Crippen molar-refractivity contribution in [2.24, 2.45) is 0 Å². The third-order valence-corrected chi connectivity index (χ3v) is 6.93. The van der Waals surface area contributed by atoms with Gasteiger partial charge in [-0.15, -0.1) is 0 Å². The minimum atomic E-state index is -0.268. The predicted molar refractivity (Wildman–Crippen MR) is 127 cm³/mol. The van der Waals surface area contributed by atoms with Gasteiger partial charge in [0.1, 0.15) is 0 Å². The number of aryl methyl sites for hydroxylation is 1. The summed E-state index contributed by atoms with van der Waals surface area (Å²) in [6.45, 7) is 4.49. The van der Waals surface area contributed by atoms with Crippen molar-refractivity contribution in [1.29, 1.82) is 0 Å². The monoisotopic (exact) mass is 510 g/mol. The highest BCUT2D eigenvalue weighted by atomic mass is 79.9. The molecule has 6 nitrogen and oxygen atoms in total. The van der Waals surface area contributed by atoms with Crippen LogP contribution in [0.15, 0.2) is 57.9 Å². The van der Waals surface area contributed by atoms with E-state index in [0.717, 1.165) is 50.2 Å². The van der Waals surface area contributed by atoms with Crippen LogP contribution in [0.2, 0.25) is 0 Å². The number of ether oxygens (including phenoxy) is 2. The largest absolute Gasteiger partial charge is 0.454 e. The van der Waals surface area contributed by atoms with E-state index in [1.165, 1.54) is 4.90 Å². The Balaban J connectivity index is 1.43. The molecule has 8 heteroatoms. The number of rotatable bonds is 4. The van der Waals surface area contributed by atoms with Crippen molar-refractivity contribution in [2.45, 2.75) is 20.4 Å². The number of thioether (sulfide) groups is 1. The van der Waals surface area contributed by atoms with Crippen LogP contribution >= 0.6 is 27.7 Å². The Morgan fingerprint density at radius 1 is 1.03 bits per heavy atom. The maximum Gasteiger partial charge on any atom is 0.293 e. The van der Waals surface area contributed by atoms with Crippen LogP contribution in [0.3, 0.4) is 0 Å². The van der Waals surface area contributed by atoms with Crippen molar-refractivity contribution >= 4 is 44.9 Å². The van der Waals surface area contributed by atoms with Gasteiger partial charge >= 0.3 is 0 Å². The van der Waals surface area contributed by atoms with Crippen LogP contribution in [-0.2, 0) is 11.3 Å². The Hall–Kier alpha value is -2.97. The fraction of sp³-hybridized carbons (Fsp3) is 0.167. The lowest BCUT2D eigenvalue weighted by Gasteiger charge is -2.12. The second kappa shape index (κ2) is 8.18. The first-order valence-electron chi connectivity index (χ1n) is 9.99. The van der Waals surface area contributed by atoms with E-state index in [0.29, 0.717) is 10.7 Å². The molecule has 2 amide bonds. The van der Waals surface area contributed by atoms with Crippen LogP contribution in [0, 0.1) is 13.8 Å². The van der Waals surface area contributed by atoms with Crippen molar-refractivity contribution in [2.75, 3.05) is 6.79 Å². The molecule has 0 radical (unpaired) electrons. The molecule has 0 aliphatic carbocycles. The van der Waals surface area contributed by atoms with E-state index < -0.39 is 0 Å². The van der Waals surface area contributed by atoms with Crippen molar-refractivity contribution < 1.29 is 19.1 Å². The first kappa shape index (κ1) is 20.9. The van der Waals surface area contributed by atoms with E-state index in [-0.39, 0.29) is 24.5 Å². The van der Waals surface area contributed by atoms with E-state index in [4.69, 9.17) is 9.47 Å². The van der Waals surface area contributed by atoms with Gasteiger partial charge in [0, 0.05) is 27.6 Å². The van der Waals surface area contributed by atoms with Gasteiger partial charge in [-0.2, -0.15) is 0 Å². The standard InChI is InChI=1S/C24H19BrN2O4S/c1-14-9-17(15(2)27(14)19-7-8-20-21(11-19)31-13-30-20)10-22-23(28)26(24(29)32-22)12-16-3-5-18(25)6-4-16/h3-11H,12-13H2,1-2H3/b22-10-.